The zero-order valence-electron chi connectivity index (χ0n) is 13.5. The number of rotatable bonds is 6. The predicted molar refractivity (Wildman–Crippen MR) is 87.2 cm³/mol. The number of carbonyl (C=O) groups excluding carboxylic acids is 1. The molecule has 0 fully saturated rings. The van der Waals surface area contributed by atoms with Crippen LogP contribution in [0.2, 0.25) is 0 Å². The first-order valence-electron chi connectivity index (χ1n) is 7.64. The van der Waals surface area contributed by atoms with Crippen molar-refractivity contribution in [2.45, 2.75) is 26.4 Å². The van der Waals surface area contributed by atoms with Gasteiger partial charge in [-0.3, -0.25) is 19.1 Å². The molecule has 0 radical (unpaired) electrons. The van der Waals surface area contributed by atoms with E-state index in [1.54, 1.807) is 19.3 Å². The third-order valence-corrected chi connectivity index (χ3v) is 3.48. The Labute approximate surface area is 142 Å². The lowest BCUT2D eigenvalue weighted by Gasteiger charge is -2.07. The molecule has 128 valence electrons. The second kappa shape index (κ2) is 7.47. The molecule has 3 aromatic heterocycles. The average molecular weight is 340 g/mol. The highest BCUT2D eigenvalue weighted by Gasteiger charge is 2.13. The fourth-order valence-electron chi connectivity index (χ4n) is 2.17. The first-order chi connectivity index (χ1) is 12.1. The van der Waals surface area contributed by atoms with Gasteiger partial charge in [-0.05, 0) is 24.6 Å². The van der Waals surface area contributed by atoms with Gasteiger partial charge in [0.05, 0.1) is 6.33 Å². The summed E-state index contributed by atoms with van der Waals surface area (Å²) in [5.74, 6) is 0.384. The molecule has 0 aliphatic carbocycles. The standard InChI is InChI=1S/C16H16N6O3/c1-11-20-15(25-21-11)13-9-18-10-22(16(13)24)7-4-14(23)19-8-12-2-5-17-6-3-12/h2-3,5-6,9-10H,4,7-8H2,1H3,(H,19,23). The summed E-state index contributed by atoms with van der Waals surface area (Å²) in [5.41, 5.74) is 0.830. The molecule has 0 atom stereocenters. The van der Waals surface area contributed by atoms with Crippen molar-refractivity contribution in [3.05, 3.63) is 58.8 Å². The van der Waals surface area contributed by atoms with Crippen LogP contribution in [0.5, 0.6) is 0 Å². The Bertz CT molecular complexity index is 919. The molecule has 3 heterocycles. The quantitative estimate of drug-likeness (QED) is 0.702. The van der Waals surface area contributed by atoms with E-state index >= 15 is 0 Å². The van der Waals surface area contributed by atoms with Gasteiger partial charge in [-0.25, -0.2) is 4.98 Å². The Morgan fingerprint density at radius 1 is 1.28 bits per heavy atom. The lowest BCUT2D eigenvalue weighted by atomic mass is 10.2. The van der Waals surface area contributed by atoms with Crippen molar-refractivity contribution in [2.24, 2.45) is 0 Å². The first kappa shape index (κ1) is 16.5. The number of aromatic nitrogens is 5. The molecule has 0 saturated carbocycles. The van der Waals surface area contributed by atoms with E-state index in [4.69, 9.17) is 4.52 Å². The minimum absolute atomic E-state index is 0.117. The monoisotopic (exact) mass is 340 g/mol. The van der Waals surface area contributed by atoms with E-state index in [1.807, 2.05) is 12.1 Å². The average Bonchev–Trinajstić information content (AvgIpc) is 3.06. The van der Waals surface area contributed by atoms with Crippen LogP contribution in [-0.2, 0) is 17.9 Å². The Balaban J connectivity index is 1.61. The topological polar surface area (TPSA) is 116 Å². The second-order valence-corrected chi connectivity index (χ2v) is 5.33. The molecule has 0 bridgehead atoms. The second-order valence-electron chi connectivity index (χ2n) is 5.33. The van der Waals surface area contributed by atoms with Gasteiger partial charge in [0.15, 0.2) is 5.82 Å². The largest absolute Gasteiger partial charge is 0.352 e. The molecule has 9 nitrogen and oxygen atoms in total. The highest BCUT2D eigenvalue weighted by atomic mass is 16.5. The van der Waals surface area contributed by atoms with E-state index in [0.29, 0.717) is 12.4 Å². The summed E-state index contributed by atoms with van der Waals surface area (Å²) in [6.07, 6.45) is 6.23. The lowest BCUT2D eigenvalue weighted by molar-refractivity contribution is -0.121. The fraction of sp³-hybridized carbons (Fsp3) is 0.250. The molecule has 0 spiro atoms. The van der Waals surface area contributed by atoms with Crippen molar-refractivity contribution < 1.29 is 9.32 Å². The van der Waals surface area contributed by atoms with Gasteiger partial charge < -0.3 is 9.84 Å². The molecule has 9 heteroatoms. The molecular formula is C16H16N6O3. The first-order valence-corrected chi connectivity index (χ1v) is 7.64. The van der Waals surface area contributed by atoms with Gasteiger partial charge >= 0.3 is 0 Å². The van der Waals surface area contributed by atoms with Gasteiger partial charge in [-0.15, -0.1) is 0 Å². The molecule has 0 aliphatic heterocycles. The number of amides is 1. The van der Waals surface area contributed by atoms with Gasteiger partial charge in [-0.2, -0.15) is 4.98 Å². The number of hydrogen-bond donors (Lipinski definition) is 1. The summed E-state index contributed by atoms with van der Waals surface area (Å²) >= 11 is 0. The summed E-state index contributed by atoms with van der Waals surface area (Å²) in [7, 11) is 0. The van der Waals surface area contributed by atoms with Crippen molar-refractivity contribution in [1.82, 2.24) is 30.0 Å². The number of aryl methyl sites for hydroxylation is 2. The van der Waals surface area contributed by atoms with Gasteiger partial charge in [0, 0.05) is 38.1 Å². The smallest absolute Gasteiger partial charge is 0.266 e. The van der Waals surface area contributed by atoms with Gasteiger partial charge in [0.1, 0.15) is 5.56 Å². The van der Waals surface area contributed by atoms with Crippen molar-refractivity contribution in [1.29, 1.82) is 0 Å². The molecule has 0 aliphatic rings. The maximum Gasteiger partial charge on any atom is 0.266 e. The van der Waals surface area contributed by atoms with Crippen LogP contribution in [0.1, 0.15) is 17.8 Å². The van der Waals surface area contributed by atoms with Gasteiger partial charge in [0.25, 0.3) is 11.4 Å². The third-order valence-electron chi connectivity index (χ3n) is 3.48. The summed E-state index contributed by atoms with van der Waals surface area (Å²) in [4.78, 5) is 36.3. The fourth-order valence-corrected chi connectivity index (χ4v) is 2.17. The Kier molecular flexibility index (Phi) is 4.93. The Morgan fingerprint density at radius 2 is 2.08 bits per heavy atom. The summed E-state index contributed by atoms with van der Waals surface area (Å²) in [6.45, 7) is 2.28. The van der Waals surface area contributed by atoms with Gasteiger partial charge in [0.2, 0.25) is 5.91 Å². The van der Waals surface area contributed by atoms with Crippen molar-refractivity contribution in [3.8, 4) is 11.5 Å². The van der Waals surface area contributed by atoms with E-state index in [-0.39, 0.29) is 35.9 Å². The van der Waals surface area contributed by atoms with E-state index in [0.717, 1.165) is 5.56 Å². The van der Waals surface area contributed by atoms with E-state index < -0.39 is 0 Å². The van der Waals surface area contributed by atoms with E-state index in [2.05, 4.69) is 25.4 Å². The zero-order chi connectivity index (χ0) is 17.6. The predicted octanol–water partition coefficient (Wildman–Crippen LogP) is 0.703. The summed E-state index contributed by atoms with van der Waals surface area (Å²) in [5, 5.41) is 6.46. The molecule has 3 rings (SSSR count). The van der Waals surface area contributed by atoms with Crippen molar-refractivity contribution in [3.63, 3.8) is 0 Å². The molecule has 3 aromatic rings. The summed E-state index contributed by atoms with van der Waals surface area (Å²) < 4.78 is 6.35. The van der Waals surface area contributed by atoms with Crippen LogP contribution in [0.3, 0.4) is 0 Å². The van der Waals surface area contributed by atoms with Crippen molar-refractivity contribution >= 4 is 5.91 Å². The number of nitrogens with zero attached hydrogens (tertiary/aromatic N) is 5. The Hall–Kier alpha value is -3.36. The maximum absolute atomic E-state index is 12.4. The number of nitrogens with one attached hydrogen (secondary N) is 1. The maximum atomic E-state index is 12.4. The summed E-state index contributed by atoms with van der Waals surface area (Å²) in [6, 6.07) is 3.65. The molecule has 0 saturated heterocycles. The molecule has 0 aromatic carbocycles. The van der Waals surface area contributed by atoms with Crippen LogP contribution in [0.15, 0.2) is 46.4 Å². The minimum atomic E-state index is -0.333. The zero-order valence-corrected chi connectivity index (χ0v) is 13.5. The normalized spacial score (nSPS) is 10.6. The molecule has 1 amide bonds. The Morgan fingerprint density at radius 3 is 2.80 bits per heavy atom. The molecule has 25 heavy (non-hydrogen) atoms. The molecular weight excluding hydrogens is 324 g/mol. The lowest BCUT2D eigenvalue weighted by Crippen LogP contribution is -2.27. The third kappa shape index (κ3) is 4.14. The highest BCUT2D eigenvalue weighted by Crippen LogP contribution is 2.10. The van der Waals surface area contributed by atoms with E-state index in [1.165, 1.54) is 17.1 Å². The van der Waals surface area contributed by atoms with Crippen molar-refractivity contribution in [2.75, 3.05) is 0 Å². The SMILES string of the molecule is Cc1noc(-c2cncn(CCC(=O)NCc3ccncc3)c2=O)n1. The highest BCUT2D eigenvalue weighted by molar-refractivity contribution is 5.75. The molecule has 1 N–H and O–H groups in total. The van der Waals surface area contributed by atoms with Crippen LogP contribution in [0.25, 0.3) is 11.5 Å². The van der Waals surface area contributed by atoms with E-state index in [9.17, 15) is 9.59 Å². The number of pyridine rings is 1. The van der Waals surface area contributed by atoms with Crippen LogP contribution in [0, 0.1) is 6.92 Å². The van der Waals surface area contributed by atoms with Crippen LogP contribution in [0.4, 0.5) is 0 Å². The number of hydrogen-bond acceptors (Lipinski definition) is 7. The van der Waals surface area contributed by atoms with Crippen LogP contribution in [-0.4, -0.2) is 30.6 Å². The van der Waals surface area contributed by atoms with Crippen LogP contribution >= 0.6 is 0 Å². The molecule has 0 unspecified atom stereocenters. The number of carbonyl (C=O) groups is 1. The van der Waals surface area contributed by atoms with Crippen LogP contribution < -0.4 is 10.9 Å². The van der Waals surface area contributed by atoms with Gasteiger partial charge in [-0.1, -0.05) is 5.16 Å². The minimum Gasteiger partial charge on any atom is -0.352 e.